The maximum absolute atomic E-state index is 13.0. The van der Waals surface area contributed by atoms with Crippen molar-refractivity contribution in [2.75, 3.05) is 33.4 Å². The summed E-state index contributed by atoms with van der Waals surface area (Å²) >= 11 is 3.42. The average Bonchev–Trinajstić information content (AvgIpc) is 2.35. The minimum Gasteiger partial charge on any atom is -0.378 e. The molecule has 3 nitrogen and oxygen atoms in total. The van der Waals surface area contributed by atoms with Crippen LogP contribution in [0.3, 0.4) is 0 Å². The molecule has 1 heterocycles. The number of ether oxygens (including phenoxy) is 1. The molecule has 1 aliphatic heterocycles. The van der Waals surface area contributed by atoms with E-state index in [1.807, 2.05) is 13.1 Å². The van der Waals surface area contributed by atoms with Crippen LogP contribution in [-0.4, -0.2) is 44.3 Å². The minimum absolute atomic E-state index is 0.209. The van der Waals surface area contributed by atoms with Crippen molar-refractivity contribution in [2.24, 2.45) is 0 Å². The van der Waals surface area contributed by atoms with Gasteiger partial charge in [-0.2, -0.15) is 0 Å². The summed E-state index contributed by atoms with van der Waals surface area (Å²) in [5.41, 5.74) is 1.11. The number of likely N-dealkylation sites (N-methyl/N-ethyl adjacent to an activating group) is 1. The Morgan fingerprint density at radius 3 is 3.11 bits per heavy atom. The molecule has 1 unspecified atom stereocenters. The molecule has 5 heteroatoms. The smallest absolute Gasteiger partial charge is 0.124 e. The van der Waals surface area contributed by atoms with Crippen LogP contribution in [0.1, 0.15) is 5.56 Å². The summed E-state index contributed by atoms with van der Waals surface area (Å²) in [6.07, 6.45) is 0. The fraction of sp³-hybridized carbons (Fsp3) is 0.538. The van der Waals surface area contributed by atoms with Gasteiger partial charge in [0.15, 0.2) is 0 Å². The molecule has 1 saturated heterocycles. The molecule has 0 bridgehead atoms. The SMILES string of the molecule is CNCC1COCCN1Cc1ccc(F)cc1Br. The van der Waals surface area contributed by atoms with Gasteiger partial charge in [0.05, 0.1) is 13.2 Å². The summed E-state index contributed by atoms with van der Waals surface area (Å²) in [4.78, 5) is 2.37. The highest BCUT2D eigenvalue weighted by Gasteiger charge is 2.22. The maximum atomic E-state index is 13.0. The van der Waals surface area contributed by atoms with Crippen molar-refractivity contribution in [3.63, 3.8) is 0 Å². The third-order valence-corrected chi connectivity index (χ3v) is 3.92. The number of nitrogens with zero attached hydrogens (tertiary/aromatic N) is 1. The second-order valence-corrected chi connectivity index (χ2v) is 5.35. The second-order valence-electron chi connectivity index (χ2n) is 4.49. The summed E-state index contributed by atoms with van der Waals surface area (Å²) in [6.45, 7) is 4.14. The predicted octanol–water partition coefficient (Wildman–Crippen LogP) is 2.01. The number of morpholine rings is 1. The molecule has 0 saturated carbocycles. The van der Waals surface area contributed by atoms with Crippen LogP contribution >= 0.6 is 15.9 Å². The molecular formula is C13H18BrFN2O. The van der Waals surface area contributed by atoms with E-state index in [0.717, 1.165) is 42.9 Å². The predicted molar refractivity (Wildman–Crippen MR) is 73.0 cm³/mol. The van der Waals surface area contributed by atoms with Crippen molar-refractivity contribution in [2.45, 2.75) is 12.6 Å². The van der Waals surface area contributed by atoms with Crippen LogP contribution in [0.25, 0.3) is 0 Å². The number of halogens is 2. The number of nitrogens with one attached hydrogen (secondary N) is 1. The van der Waals surface area contributed by atoms with E-state index in [1.54, 1.807) is 0 Å². The zero-order chi connectivity index (χ0) is 13.0. The minimum atomic E-state index is -0.209. The first-order chi connectivity index (χ1) is 8.70. The van der Waals surface area contributed by atoms with Gasteiger partial charge in [-0.25, -0.2) is 4.39 Å². The monoisotopic (exact) mass is 316 g/mol. The maximum Gasteiger partial charge on any atom is 0.124 e. The summed E-state index contributed by atoms with van der Waals surface area (Å²) < 4.78 is 19.4. The van der Waals surface area contributed by atoms with Gasteiger partial charge in [0.25, 0.3) is 0 Å². The molecule has 1 atom stereocenters. The van der Waals surface area contributed by atoms with Crippen LogP contribution < -0.4 is 5.32 Å². The molecule has 1 N–H and O–H groups in total. The number of hydrogen-bond donors (Lipinski definition) is 1. The van der Waals surface area contributed by atoms with Gasteiger partial charge in [-0.1, -0.05) is 22.0 Å². The lowest BCUT2D eigenvalue weighted by molar-refractivity contribution is -0.0104. The Labute approximate surface area is 115 Å². The van der Waals surface area contributed by atoms with Crippen molar-refractivity contribution in [1.82, 2.24) is 10.2 Å². The summed E-state index contributed by atoms with van der Waals surface area (Å²) in [5, 5.41) is 3.18. The Morgan fingerprint density at radius 1 is 1.56 bits per heavy atom. The molecule has 1 fully saturated rings. The van der Waals surface area contributed by atoms with Gasteiger partial charge in [0.1, 0.15) is 5.82 Å². The average molecular weight is 317 g/mol. The van der Waals surface area contributed by atoms with Crippen molar-refractivity contribution >= 4 is 15.9 Å². The van der Waals surface area contributed by atoms with E-state index >= 15 is 0 Å². The van der Waals surface area contributed by atoms with Gasteiger partial charge in [-0.05, 0) is 24.7 Å². The summed E-state index contributed by atoms with van der Waals surface area (Å²) in [6, 6.07) is 5.24. The molecule has 2 rings (SSSR count). The topological polar surface area (TPSA) is 24.5 Å². The molecule has 100 valence electrons. The third-order valence-electron chi connectivity index (χ3n) is 3.18. The highest BCUT2D eigenvalue weighted by Crippen LogP contribution is 2.21. The molecule has 0 amide bonds. The van der Waals surface area contributed by atoms with E-state index in [1.165, 1.54) is 12.1 Å². The molecule has 0 aliphatic carbocycles. The fourth-order valence-corrected chi connectivity index (χ4v) is 2.67. The third kappa shape index (κ3) is 3.51. The Balaban J connectivity index is 2.06. The number of benzene rings is 1. The van der Waals surface area contributed by atoms with Crippen molar-refractivity contribution in [1.29, 1.82) is 0 Å². The quantitative estimate of drug-likeness (QED) is 0.919. The van der Waals surface area contributed by atoms with Gasteiger partial charge in [-0.3, -0.25) is 4.90 Å². The number of rotatable bonds is 4. The molecule has 1 aromatic rings. The summed E-state index contributed by atoms with van der Waals surface area (Å²) in [5.74, 6) is -0.209. The fourth-order valence-electron chi connectivity index (χ4n) is 2.19. The number of hydrogen-bond acceptors (Lipinski definition) is 3. The Hall–Kier alpha value is -0.490. The van der Waals surface area contributed by atoms with Crippen LogP contribution in [0, 0.1) is 5.82 Å². The molecule has 1 aromatic carbocycles. The molecule has 0 radical (unpaired) electrons. The highest BCUT2D eigenvalue weighted by molar-refractivity contribution is 9.10. The Kier molecular flexibility index (Phi) is 5.12. The van der Waals surface area contributed by atoms with Crippen LogP contribution in [0.2, 0.25) is 0 Å². The molecule has 1 aliphatic rings. The lowest BCUT2D eigenvalue weighted by Crippen LogP contribution is -2.49. The van der Waals surface area contributed by atoms with E-state index in [4.69, 9.17) is 4.74 Å². The van der Waals surface area contributed by atoms with Gasteiger partial charge in [0.2, 0.25) is 0 Å². The van der Waals surface area contributed by atoms with E-state index in [2.05, 4.69) is 26.1 Å². The first-order valence-electron chi connectivity index (χ1n) is 6.11. The highest BCUT2D eigenvalue weighted by atomic mass is 79.9. The molecular weight excluding hydrogens is 299 g/mol. The van der Waals surface area contributed by atoms with Crippen LogP contribution in [-0.2, 0) is 11.3 Å². The zero-order valence-electron chi connectivity index (χ0n) is 10.5. The Morgan fingerprint density at radius 2 is 2.39 bits per heavy atom. The molecule has 18 heavy (non-hydrogen) atoms. The van der Waals surface area contributed by atoms with Gasteiger partial charge < -0.3 is 10.1 Å². The molecule has 0 aromatic heterocycles. The van der Waals surface area contributed by atoms with Crippen molar-refractivity contribution < 1.29 is 9.13 Å². The second kappa shape index (κ2) is 6.61. The Bertz CT molecular complexity index is 401. The van der Waals surface area contributed by atoms with E-state index in [0.29, 0.717) is 6.04 Å². The lowest BCUT2D eigenvalue weighted by Gasteiger charge is -2.35. The summed E-state index contributed by atoms with van der Waals surface area (Å²) in [7, 11) is 1.95. The van der Waals surface area contributed by atoms with E-state index < -0.39 is 0 Å². The largest absolute Gasteiger partial charge is 0.378 e. The van der Waals surface area contributed by atoms with Crippen LogP contribution in [0.4, 0.5) is 4.39 Å². The standard InChI is InChI=1S/C13H18BrFN2O/c1-16-7-12-9-18-5-4-17(12)8-10-2-3-11(15)6-13(10)14/h2-3,6,12,16H,4-5,7-9H2,1H3. The first-order valence-corrected chi connectivity index (χ1v) is 6.90. The first kappa shape index (κ1) is 13.9. The van der Waals surface area contributed by atoms with Crippen molar-refractivity contribution in [3.8, 4) is 0 Å². The zero-order valence-corrected chi connectivity index (χ0v) is 12.0. The van der Waals surface area contributed by atoms with Gasteiger partial charge in [0, 0.05) is 30.1 Å². The van der Waals surface area contributed by atoms with E-state index in [-0.39, 0.29) is 5.82 Å². The molecule has 0 spiro atoms. The normalized spacial score (nSPS) is 21.2. The van der Waals surface area contributed by atoms with Crippen LogP contribution in [0.5, 0.6) is 0 Å². The van der Waals surface area contributed by atoms with Crippen molar-refractivity contribution in [3.05, 3.63) is 34.1 Å². The van der Waals surface area contributed by atoms with Gasteiger partial charge >= 0.3 is 0 Å². The van der Waals surface area contributed by atoms with Crippen LogP contribution in [0.15, 0.2) is 22.7 Å². The van der Waals surface area contributed by atoms with E-state index in [9.17, 15) is 4.39 Å². The lowest BCUT2D eigenvalue weighted by atomic mass is 10.1. The van der Waals surface area contributed by atoms with Gasteiger partial charge in [-0.15, -0.1) is 0 Å².